The number of thiophene rings is 1. The van der Waals surface area contributed by atoms with Gasteiger partial charge in [-0.1, -0.05) is 107 Å². The fraction of sp³-hybridized carbons (Fsp3) is 0.167. The molecule has 0 atom stereocenters. The van der Waals surface area contributed by atoms with Crippen molar-refractivity contribution in [2.75, 3.05) is 0 Å². The van der Waals surface area contributed by atoms with E-state index in [2.05, 4.69) is 113 Å². The maximum Gasteiger partial charge on any atom is 0.0402 e. The van der Waals surface area contributed by atoms with Gasteiger partial charge in [0.05, 0.1) is 0 Å². The molecule has 6 aromatic carbocycles. The van der Waals surface area contributed by atoms with Crippen LogP contribution in [0.15, 0.2) is 84.9 Å². The minimum atomic E-state index is -0.0473. The molecule has 37 heavy (non-hydrogen) atoms. The van der Waals surface area contributed by atoms with Gasteiger partial charge in [-0.15, -0.1) is 11.3 Å². The summed E-state index contributed by atoms with van der Waals surface area (Å²) in [5.74, 6) is 0. The normalized spacial score (nSPS) is 16.5. The summed E-state index contributed by atoms with van der Waals surface area (Å²) >= 11 is 2.04. The zero-order chi connectivity index (χ0) is 24.8. The Labute approximate surface area is 220 Å². The Morgan fingerprint density at radius 2 is 1.19 bits per heavy atom. The minimum absolute atomic E-state index is 0.0404. The molecule has 2 aliphatic rings. The summed E-state index contributed by atoms with van der Waals surface area (Å²) < 4.78 is 0. The molecule has 0 spiro atoms. The van der Waals surface area contributed by atoms with E-state index < -0.39 is 0 Å². The summed E-state index contributed by atoms with van der Waals surface area (Å²) in [5.41, 5.74) is 8.93. The summed E-state index contributed by atoms with van der Waals surface area (Å²) in [4.78, 5) is 2.98. The summed E-state index contributed by atoms with van der Waals surface area (Å²) in [5, 5.41) is 11.0. The number of rotatable bonds is 0. The van der Waals surface area contributed by atoms with E-state index in [9.17, 15) is 0 Å². The van der Waals surface area contributed by atoms with E-state index >= 15 is 0 Å². The SMILES string of the molecule is CC1(C)c2cc3ccc4cccc5ccc(c2-c2sc6c(c21)C(C)(C)c1c-6ccc2ccccc12)c3c45. The van der Waals surface area contributed by atoms with E-state index in [1.54, 1.807) is 11.1 Å². The fourth-order valence-electron chi connectivity index (χ4n) is 7.93. The van der Waals surface area contributed by atoms with Crippen molar-refractivity contribution in [3.05, 3.63) is 107 Å². The van der Waals surface area contributed by atoms with Crippen LogP contribution in [0.5, 0.6) is 0 Å². The highest BCUT2D eigenvalue weighted by atomic mass is 32.1. The second-order valence-electron chi connectivity index (χ2n) is 12.1. The van der Waals surface area contributed by atoms with Gasteiger partial charge in [-0.3, -0.25) is 0 Å². The molecule has 2 aliphatic carbocycles. The monoisotopic (exact) mass is 490 g/mol. The Bertz CT molecular complexity index is 2120. The van der Waals surface area contributed by atoms with Gasteiger partial charge in [0.2, 0.25) is 0 Å². The van der Waals surface area contributed by atoms with E-state index in [1.165, 1.54) is 75.1 Å². The highest BCUT2D eigenvalue weighted by Gasteiger charge is 2.49. The molecular weight excluding hydrogens is 464 g/mol. The average Bonchev–Trinajstić information content (AvgIpc) is 3.48. The van der Waals surface area contributed by atoms with Crippen LogP contribution in [0.1, 0.15) is 49.9 Å². The lowest BCUT2D eigenvalue weighted by molar-refractivity contribution is 0.606. The predicted molar refractivity (Wildman–Crippen MR) is 161 cm³/mol. The van der Waals surface area contributed by atoms with Gasteiger partial charge in [0.15, 0.2) is 0 Å². The Kier molecular flexibility index (Phi) is 3.43. The van der Waals surface area contributed by atoms with Crippen LogP contribution >= 0.6 is 11.3 Å². The number of benzene rings is 6. The van der Waals surface area contributed by atoms with Crippen LogP contribution in [0.3, 0.4) is 0 Å². The molecule has 0 bridgehead atoms. The second-order valence-corrected chi connectivity index (χ2v) is 13.1. The molecule has 1 heterocycles. The smallest absolute Gasteiger partial charge is 0.0402 e. The Balaban J connectivity index is 1.43. The van der Waals surface area contributed by atoms with Gasteiger partial charge in [0.1, 0.15) is 0 Å². The van der Waals surface area contributed by atoms with Crippen LogP contribution < -0.4 is 0 Å². The zero-order valence-corrected chi connectivity index (χ0v) is 22.3. The molecule has 0 fully saturated rings. The standard InChI is InChI=1S/C36H26S/c1-35(2)26-18-22-13-12-20-9-7-10-21-15-16-24(28(22)27(20)21)29(26)34-32(35)31-33(37-34)25-17-14-19-8-5-6-11-23(19)30(25)36(31,3)4/h5-18H,1-4H3. The van der Waals surface area contributed by atoms with E-state index in [-0.39, 0.29) is 10.8 Å². The summed E-state index contributed by atoms with van der Waals surface area (Å²) in [6.45, 7) is 9.83. The molecule has 1 heteroatoms. The van der Waals surface area contributed by atoms with Crippen molar-refractivity contribution in [3.8, 4) is 20.9 Å². The zero-order valence-electron chi connectivity index (χ0n) is 21.5. The summed E-state index contributed by atoms with van der Waals surface area (Å²) in [7, 11) is 0. The third kappa shape index (κ3) is 2.20. The van der Waals surface area contributed by atoms with Crippen LogP contribution in [-0.4, -0.2) is 0 Å². The Hall–Kier alpha value is -3.68. The summed E-state index contributed by atoms with van der Waals surface area (Å²) in [6.07, 6.45) is 0. The van der Waals surface area contributed by atoms with Crippen LogP contribution in [-0.2, 0) is 10.8 Å². The number of hydrogen-bond acceptors (Lipinski definition) is 1. The highest BCUT2D eigenvalue weighted by Crippen LogP contribution is 2.65. The molecule has 0 amide bonds. The van der Waals surface area contributed by atoms with Gasteiger partial charge in [-0.25, -0.2) is 0 Å². The molecule has 9 rings (SSSR count). The minimum Gasteiger partial charge on any atom is -0.135 e. The van der Waals surface area contributed by atoms with Crippen LogP contribution in [0.4, 0.5) is 0 Å². The van der Waals surface area contributed by atoms with Crippen molar-refractivity contribution >= 4 is 54.4 Å². The molecule has 0 radical (unpaired) electrons. The van der Waals surface area contributed by atoms with Crippen molar-refractivity contribution in [1.29, 1.82) is 0 Å². The van der Waals surface area contributed by atoms with E-state index in [1.807, 2.05) is 11.3 Å². The summed E-state index contributed by atoms with van der Waals surface area (Å²) in [6, 6.07) is 32.2. The third-order valence-electron chi connectivity index (χ3n) is 9.50. The quantitative estimate of drug-likeness (QED) is 0.185. The molecular formula is C36H26S. The lowest BCUT2D eigenvalue weighted by Crippen LogP contribution is -2.23. The molecule has 7 aromatic rings. The first-order valence-corrected chi connectivity index (χ1v) is 14.1. The Morgan fingerprint density at radius 3 is 2.03 bits per heavy atom. The molecule has 0 nitrogen and oxygen atoms in total. The maximum atomic E-state index is 2.51. The third-order valence-corrected chi connectivity index (χ3v) is 10.7. The first kappa shape index (κ1) is 20.4. The molecule has 0 saturated carbocycles. The molecule has 0 N–H and O–H groups in total. The lowest BCUT2D eigenvalue weighted by Gasteiger charge is -2.29. The second kappa shape index (κ2) is 6.23. The molecule has 0 unspecified atom stereocenters. The van der Waals surface area contributed by atoms with Crippen molar-refractivity contribution in [2.24, 2.45) is 0 Å². The van der Waals surface area contributed by atoms with Gasteiger partial charge in [-0.05, 0) is 77.0 Å². The fourth-order valence-corrected chi connectivity index (χ4v) is 9.66. The van der Waals surface area contributed by atoms with Gasteiger partial charge in [0, 0.05) is 26.1 Å². The van der Waals surface area contributed by atoms with E-state index in [4.69, 9.17) is 0 Å². The predicted octanol–water partition coefficient (Wildman–Crippen LogP) is 10.4. The van der Waals surface area contributed by atoms with Crippen molar-refractivity contribution in [3.63, 3.8) is 0 Å². The first-order valence-electron chi connectivity index (χ1n) is 13.3. The number of hydrogen-bond donors (Lipinski definition) is 0. The van der Waals surface area contributed by atoms with Gasteiger partial charge in [0.25, 0.3) is 0 Å². The van der Waals surface area contributed by atoms with Crippen molar-refractivity contribution in [2.45, 2.75) is 38.5 Å². The van der Waals surface area contributed by atoms with Crippen LogP contribution in [0, 0.1) is 0 Å². The Morgan fingerprint density at radius 1 is 0.514 bits per heavy atom. The highest BCUT2D eigenvalue weighted by molar-refractivity contribution is 7.19. The van der Waals surface area contributed by atoms with Crippen LogP contribution in [0.2, 0.25) is 0 Å². The van der Waals surface area contributed by atoms with Gasteiger partial charge < -0.3 is 0 Å². The topological polar surface area (TPSA) is 0 Å². The average molecular weight is 491 g/mol. The maximum absolute atomic E-state index is 2.51. The number of fused-ring (bicyclic) bond motifs is 10. The van der Waals surface area contributed by atoms with Crippen LogP contribution in [0.25, 0.3) is 64.0 Å². The molecule has 0 saturated heterocycles. The molecule has 176 valence electrons. The molecule has 1 aromatic heterocycles. The largest absolute Gasteiger partial charge is 0.135 e. The van der Waals surface area contributed by atoms with Gasteiger partial charge >= 0.3 is 0 Å². The van der Waals surface area contributed by atoms with Crippen molar-refractivity contribution < 1.29 is 0 Å². The van der Waals surface area contributed by atoms with Gasteiger partial charge in [-0.2, -0.15) is 0 Å². The van der Waals surface area contributed by atoms with E-state index in [0.29, 0.717) is 0 Å². The molecule has 0 aliphatic heterocycles. The first-order chi connectivity index (χ1) is 17.9. The lowest BCUT2D eigenvalue weighted by atomic mass is 9.73. The van der Waals surface area contributed by atoms with E-state index in [0.717, 1.165) is 0 Å². The van der Waals surface area contributed by atoms with Crippen molar-refractivity contribution in [1.82, 2.24) is 0 Å².